The molecule has 3 nitrogen and oxygen atoms in total. The lowest BCUT2D eigenvalue weighted by molar-refractivity contribution is 0.530. The van der Waals surface area contributed by atoms with Crippen molar-refractivity contribution >= 4 is 15.9 Å². The molecular weight excluding hydrogens is 292 g/mol. The van der Waals surface area contributed by atoms with E-state index in [9.17, 15) is 8.78 Å². The van der Waals surface area contributed by atoms with Gasteiger partial charge in [0.2, 0.25) is 0 Å². The number of halogens is 3. The Bertz CT molecular complexity index is 554. The van der Waals surface area contributed by atoms with E-state index < -0.39 is 17.7 Å². The molecule has 0 saturated carbocycles. The van der Waals surface area contributed by atoms with Crippen LogP contribution in [0.1, 0.15) is 17.3 Å². The van der Waals surface area contributed by atoms with Crippen molar-refractivity contribution in [1.29, 1.82) is 0 Å². The molecule has 2 N–H and O–H groups in total. The SMILES string of the molecule is Cn1nccc1C(N)c1c(F)ccc(Br)c1F. The average molecular weight is 302 g/mol. The van der Waals surface area contributed by atoms with Crippen molar-refractivity contribution in [2.45, 2.75) is 6.04 Å². The Hall–Kier alpha value is -1.27. The monoisotopic (exact) mass is 301 g/mol. The van der Waals surface area contributed by atoms with Gasteiger partial charge in [0.25, 0.3) is 0 Å². The van der Waals surface area contributed by atoms with Crippen LogP contribution in [-0.2, 0) is 7.05 Å². The normalized spacial score (nSPS) is 12.8. The van der Waals surface area contributed by atoms with Crippen molar-refractivity contribution in [2.75, 3.05) is 0 Å². The lowest BCUT2D eigenvalue weighted by Gasteiger charge is -2.15. The lowest BCUT2D eigenvalue weighted by atomic mass is 10.0. The molecule has 0 saturated heterocycles. The van der Waals surface area contributed by atoms with Crippen LogP contribution in [-0.4, -0.2) is 9.78 Å². The number of aromatic nitrogens is 2. The number of rotatable bonds is 2. The Balaban J connectivity index is 2.55. The van der Waals surface area contributed by atoms with E-state index in [0.717, 1.165) is 0 Å². The maximum atomic E-state index is 13.8. The standard InChI is InChI=1S/C11H10BrF2N3/c1-17-8(4-5-16-17)11(15)9-7(13)3-2-6(12)10(9)14/h2-5,11H,15H2,1H3. The number of nitrogens with two attached hydrogens (primary N) is 1. The minimum atomic E-state index is -0.889. The summed E-state index contributed by atoms with van der Waals surface area (Å²) in [6.45, 7) is 0. The quantitative estimate of drug-likeness (QED) is 0.866. The van der Waals surface area contributed by atoms with Gasteiger partial charge in [0, 0.05) is 18.8 Å². The fraction of sp³-hybridized carbons (Fsp3) is 0.182. The predicted octanol–water partition coefficient (Wildman–Crippen LogP) is 2.51. The third-order valence-electron chi connectivity index (χ3n) is 2.57. The Morgan fingerprint density at radius 2 is 2.06 bits per heavy atom. The van der Waals surface area contributed by atoms with Crippen LogP contribution in [0.25, 0.3) is 0 Å². The highest BCUT2D eigenvalue weighted by Gasteiger charge is 2.22. The highest BCUT2D eigenvalue weighted by molar-refractivity contribution is 9.10. The van der Waals surface area contributed by atoms with Crippen LogP contribution < -0.4 is 5.73 Å². The van der Waals surface area contributed by atoms with Crippen molar-refractivity contribution in [3.8, 4) is 0 Å². The summed E-state index contributed by atoms with van der Waals surface area (Å²) in [5.74, 6) is -1.35. The zero-order valence-corrected chi connectivity index (χ0v) is 10.6. The Morgan fingerprint density at radius 1 is 1.35 bits per heavy atom. The molecule has 17 heavy (non-hydrogen) atoms. The molecular formula is C11H10BrF2N3. The van der Waals surface area contributed by atoms with Crippen molar-refractivity contribution in [3.05, 3.63) is 51.8 Å². The average Bonchev–Trinajstić information content (AvgIpc) is 2.70. The van der Waals surface area contributed by atoms with Gasteiger partial charge in [-0.15, -0.1) is 0 Å². The molecule has 0 bridgehead atoms. The summed E-state index contributed by atoms with van der Waals surface area (Å²) < 4.78 is 29.2. The fourth-order valence-corrected chi connectivity index (χ4v) is 2.01. The van der Waals surface area contributed by atoms with E-state index in [2.05, 4.69) is 21.0 Å². The summed E-state index contributed by atoms with van der Waals surface area (Å²) in [6.07, 6.45) is 1.53. The number of aryl methyl sites for hydroxylation is 1. The second kappa shape index (κ2) is 4.54. The van der Waals surface area contributed by atoms with Gasteiger partial charge in [0.1, 0.15) is 11.6 Å². The molecule has 0 radical (unpaired) electrons. The van der Waals surface area contributed by atoms with Gasteiger partial charge in [-0.1, -0.05) is 0 Å². The number of benzene rings is 1. The number of nitrogens with zero attached hydrogens (tertiary/aromatic N) is 2. The lowest BCUT2D eigenvalue weighted by Crippen LogP contribution is -2.19. The third kappa shape index (κ3) is 2.10. The van der Waals surface area contributed by atoms with Crippen LogP contribution in [0, 0.1) is 11.6 Å². The zero-order valence-electron chi connectivity index (χ0n) is 8.99. The molecule has 0 spiro atoms. The van der Waals surface area contributed by atoms with Gasteiger partial charge in [-0.2, -0.15) is 5.10 Å². The molecule has 1 atom stereocenters. The maximum Gasteiger partial charge on any atom is 0.145 e. The first-order valence-electron chi connectivity index (χ1n) is 4.89. The Kier molecular flexibility index (Phi) is 3.26. The second-order valence-electron chi connectivity index (χ2n) is 3.61. The first-order valence-corrected chi connectivity index (χ1v) is 5.68. The summed E-state index contributed by atoms with van der Waals surface area (Å²) in [5.41, 5.74) is 6.25. The minimum absolute atomic E-state index is 0.164. The van der Waals surface area contributed by atoms with Crippen molar-refractivity contribution in [2.24, 2.45) is 12.8 Å². The molecule has 2 aromatic rings. The van der Waals surface area contributed by atoms with Gasteiger partial charge in [-0.05, 0) is 34.1 Å². The first-order chi connectivity index (χ1) is 8.02. The summed E-state index contributed by atoms with van der Waals surface area (Å²) in [5, 5.41) is 3.93. The zero-order chi connectivity index (χ0) is 12.6. The van der Waals surface area contributed by atoms with Crippen LogP contribution >= 0.6 is 15.9 Å². The van der Waals surface area contributed by atoms with Gasteiger partial charge in [-0.25, -0.2) is 8.78 Å². The van der Waals surface area contributed by atoms with Crippen LogP contribution in [0.15, 0.2) is 28.9 Å². The summed E-state index contributed by atoms with van der Waals surface area (Å²) in [6, 6.07) is 3.23. The largest absolute Gasteiger partial charge is 0.319 e. The number of hydrogen-bond donors (Lipinski definition) is 1. The van der Waals surface area contributed by atoms with Crippen LogP contribution in [0.3, 0.4) is 0 Å². The van der Waals surface area contributed by atoms with Gasteiger partial charge >= 0.3 is 0 Å². The van der Waals surface area contributed by atoms with Crippen molar-refractivity contribution < 1.29 is 8.78 Å². The molecule has 6 heteroatoms. The van der Waals surface area contributed by atoms with E-state index in [-0.39, 0.29) is 10.0 Å². The molecule has 0 aliphatic heterocycles. The fourth-order valence-electron chi connectivity index (χ4n) is 1.66. The molecule has 1 unspecified atom stereocenters. The molecule has 0 aliphatic rings. The second-order valence-corrected chi connectivity index (χ2v) is 4.47. The van der Waals surface area contributed by atoms with E-state index >= 15 is 0 Å². The van der Waals surface area contributed by atoms with Crippen LogP contribution in [0.2, 0.25) is 0 Å². The molecule has 1 aromatic heterocycles. The van der Waals surface area contributed by atoms with E-state index in [1.807, 2.05) is 0 Å². The highest BCUT2D eigenvalue weighted by Crippen LogP contribution is 2.28. The Morgan fingerprint density at radius 3 is 2.65 bits per heavy atom. The Labute approximate surface area is 105 Å². The van der Waals surface area contributed by atoms with Crippen molar-refractivity contribution in [1.82, 2.24) is 9.78 Å². The smallest absolute Gasteiger partial charge is 0.145 e. The molecule has 1 heterocycles. The summed E-state index contributed by atoms with van der Waals surface area (Å²) in [4.78, 5) is 0. The highest BCUT2D eigenvalue weighted by atomic mass is 79.9. The van der Waals surface area contributed by atoms with E-state index in [1.165, 1.54) is 23.0 Å². The van der Waals surface area contributed by atoms with E-state index in [1.54, 1.807) is 13.1 Å². The summed E-state index contributed by atoms with van der Waals surface area (Å²) >= 11 is 3.01. The van der Waals surface area contributed by atoms with Gasteiger partial charge < -0.3 is 5.73 Å². The maximum absolute atomic E-state index is 13.8. The molecule has 0 amide bonds. The first kappa shape index (κ1) is 12.2. The topological polar surface area (TPSA) is 43.8 Å². The molecule has 1 aromatic carbocycles. The molecule has 90 valence electrons. The third-order valence-corrected chi connectivity index (χ3v) is 3.18. The van der Waals surface area contributed by atoms with Gasteiger partial charge in [0.15, 0.2) is 0 Å². The van der Waals surface area contributed by atoms with Crippen LogP contribution in [0.4, 0.5) is 8.78 Å². The molecule has 0 aliphatic carbocycles. The van der Waals surface area contributed by atoms with Gasteiger partial charge in [0.05, 0.1) is 16.2 Å². The van der Waals surface area contributed by atoms with E-state index in [0.29, 0.717) is 5.69 Å². The van der Waals surface area contributed by atoms with Gasteiger partial charge in [-0.3, -0.25) is 4.68 Å². The number of hydrogen-bond acceptors (Lipinski definition) is 2. The predicted molar refractivity (Wildman–Crippen MR) is 63.3 cm³/mol. The van der Waals surface area contributed by atoms with Crippen molar-refractivity contribution in [3.63, 3.8) is 0 Å². The van der Waals surface area contributed by atoms with Crippen LogP contribution in [0.5, 0.6) is 0 Å². The summed E-state index contributed by atoms with van der Waals surface area (Å²) in [7, 11) is 1.67. The molecule has 2 rings (SSSR count). The minimum Gasteiger partial charge on any atom is -0.319 e. The van der Waals surface area contributed by atoms with E-state index in [4.69, 9.17) is 5.73 Å². The molecule has 0 fully saturated rings.